The molecule has 27 heavy (non-hydrogen) atoms. The lowest BCUT2D eigenvalue weighted by Crippen LogP contribution is -2.31. The molecule has 1 unspecified atom stereocenters. The van der Waals surface area contributed by atoms with E-state index in [1.54, 1.807) is 24.3 Å². The third-order valence-electron chi connectivity index (χ3n) is 5.12. The Morgan fingerprint density at radius 1 is 1.19 bits per heavy atom. The highest BCUT2D eigenvalue weighted by Gasteiger charge is 2.23. The first-order valence-electron chi connectivity index (χ1n) is 10.1. The summed E-state index contributed by atoms with van der Waals surface area (Å²) in [5, 5.41) is 0. The first-order valence-corrected chi connectivity index (χ1v) is 11.5. The fourth-order valence-corrected chi connectivity index (χ4v) is 4.00. The number of hydrogen-bond acceptors (Lipinski definition) is 5. The van der Waals surface area contributed by atoms with Crippen molar-refractivity contribution in [3.05, 3.63) is 29.8 Å². The Hall–Kier alpha value is -0.950. The molecule has 6 heteroatoms. The molecule has 1 saturated heterocycles. The number of aryl methyl sites for hydroxylation is 1. The van der Waals surface area contributed by atoms with Crippen LogP contribution in [0.1, 0.15) is 64.4 Å². The molecule has 154 valence electrons. The van der Waals surface area contributed by atoms with Gasteiger partial charge in [-0.3, -0.25) is 4.18 Å². The van der Waals surface area contributed by atoms with Gasteiger partial charge in [0.1, 0.15) is 0 Å². The van der Waals surface area contributed by atoms with Crippen LogP contribution in [0.4, 0.5) is 0 Å². The molecule has 2 rings (SSSR count). The van der Waals surface area contributed by atoms with Gasteiger partial charge in [0.25, 0.3) is 10.1 Å². The van der Waals surface area contributed by atoms with Gasteiger partial charge in [-0.1, -0.05) is 50.8 Å². The van der Waals surface area contributed by atoms with Crippen LogP contribution in [0.25, 0.3) is 0 Å². The summed E-state index contributed by atoms with van der Waals surface area (Å²) in [5.74, 6) is 0.661. The van der Waals surface area contributed by atoms with Crippen LogP contribution >= 0.6 is 0 Å². The predicted octanol–water partition coefficient (Wildman–Crippen LogP) is 4.83. The lowest BCUT2D eigenvalue weighted by atomic mass is 10.0. The maximum atomic E-state index is 12.5. The zero-order valence-corrected chi connectivity index (χ0v) is 17.7. The largest absolute Gasteiger partial charge is 0.353 e. The normalized spacial score (nSPS) is 20.3. The van der Waals surface area contributed by atoms with E-state index in [4.69, 9.17) is 13.7 Å². The van der Waals surface area contributed by atoms with E-state index >= 15 is 0 Å². The second-order valence-corrected chi connectivity index (χ2v) is 9.17. The zero-order valence-electron chi connectivity index (χ0n) is 16.9. The Balaban J connectivity index is 1.93. The molecule has 1 aliphatic rings. The average molecular weight is 399 g/mol. The lowest BCUT2D eigenvalue weighted by Gasteiger charge is -2.28. The molecular weight excluding hydrogens is 364 g/mol. The van der Waals surface area contributed by atoms with Crippen LogP contribution in [0.5, 0.6) is 0 Å². The van der Waals surface area contributed by atoms with Crippen molar-refractivity contribution in [2.75, 3.05) is 13.2 Å². The van der Waals surface area contributed by atoms with Gasteiger partial charge in [0.15, 0.2) is 6.29 Å². The molecule has 1 aliphatic heterocycles. The maximum Gasteiger partial charge on any atom is 0.297 e. The van der Waals surface area contributed by atoms with E-state index in [1.807, 2.05) is 6.92 Å². The summed E-state index contributed by atoms with van der Waals surface area (Å²) in [4.78, 5) is 0.181. The minimum Gasteiger partial charge on any atom is -0.353 e. The Morgan fingerprint density at radius 2 is 1.93 bits per heavy atom. The molecular formula is C21H34O5S. The summed E-state index contributed by atoms with van der Waals surface area (Å²) in [5.41, 5.74) is 1.01. The van der Waals surface area contributed by atoms with Crippen molar-refractivity contribution in [2.24, 2.45) is 5.92 Å². The fourth-order valence-electron chi connectivity index (χ4n) is 3.06. The standard InChI is InChI=1S/C21H34O5S/c1-4-17(2)8-7-9-19(26-21-10-5-6-15-24-21)16-25-27(22,23)20-13-11-18(3)12-14-20/h11-14,17,19,21H,4-10,15-16H2,1-3H3/t17-,19+,21?/m0/s1. The molecule has 0 amide bonds. The van der Waals surface area contributed by atoms with Gasteiger partial charge in [0, 0.05) is 6.61 Å². The van der Waals surface area contributed by atoms with E-state index in [-0.39, 0.29) is 23.9 Å². The molecule has 0 aliphatic carbocycles. The van der Waals surface area contributed by atoms with Gasteiger partial charge in [0.2, 0.25) is 0 Å². The van der Waals surface area contributed by atoms with E-state index in [0.29, 0.717) is 12.5 Å². The topological polar surface area (TPSA) is 61.8 Å². The second-order valence-electron chi connectivity index (χ2n) is 7.55. The van der Waals surface area contributed by atoms with Crippen molar-refractivity contribution in [1.82, 2.24) is 0 Å². The summed E-state index contributed by atoms with van der Waals surface area (Å²) in [6, 6.07) is 6.69. The first kappa shape index (κ1) is 22.3. The second kappa shape index (κ2) is 11.1. The third kappa shape index (κ3) is 7.90. The van der Waals surface area contributed by atoms with E-state index < -0.39 is 10.1 Å². The Bertz CT molecular complexity index is 635. The highest BCUT2D eigenvalue weighted by atomic mass is 32.2. The molecule has 1 fully saturated rings. The van der Waals surface area contributed by atoms with Crippen molar-refractivity contribution in [2.45, 2.75) is 83.0 Å². The monoisotopic (exact) mass is 398 g/mol. The van der Waals surface area contributed by atoms with Gasteiger partial charge >= 0.3 is 0 Å². The van der Waals surface area contributed by atoms with Crippen LogP contribution in [-0.4, -0.2) is 34.0 Å². The molecule has 1 aromatic rings. The zero-order chi connectivity index (χ0) is 19.7. The Kier molecular flexibility index (Phi) is 9.22. The van der Waals surface area contributed by atoms with Crippen molar-refractivity contribution in [1.29, 1.82) is 0 Å². The van der Waals surface area contributed by atoms with Crippen LogP contribution in [0.3, 0.4) is 0 Å². The SMILES string of the molecule is CC[C@H](C)CCC[C@H](COS(=O)(=O)c1ccc(C)cc1)OC1CCCCO1. The summed E-state index contributed by atoms with van der Waals surface area (Å²) < 4.78 is 42.0. The van der Waals surface area contributed by atoms with Crippen molar-refractivity contribution in [3.63, 3.8) is 0 Å². The van der Waals surface area contributed by atoms with Crippen molar-refractivity contribution < 1.29 is 22.1 Å². The predicted molar refractivity (Wildman–Crippen MR) is 106 cm³/mol. The van der Waals surface area contributed by atoms with Crippen LogP contribution in [-0.2, 0) is 23.8 Å². The fraction of sp³-hybridized carbons (Fsp3) is 0.714. The highest BCUT2D eigenvalue weighted by molar-refractivity contribution is 7.86. The molecule has 3 atom stereocenters. The Labute approximate surface area is 164 Å². The molecule has 0 N–H and O–H groups in total. The minimum atomic E-state index is -3.78. The summed E-state index contributed by atoms with van der Waals surface area (Å²) in [6.07, 6.45) is 6.46. The van der Waals surface area contributed by atoms with Gasteiger partial charge in [-0.05, 0) is 50.7 Å². The number of rotatable bonds is 11. The van der Waals surface area contributed by atoms with Crippen molar-refractivity contribution >= 4 is 10.1 Å². The van der Waals surface area contributed by atoms with Crippen molar-refractivity contribution in [3.8, 4) is 0 Å². The molecule has 1 heterocycles. The lowest BCUT2D eigenvalue weighted by molar-refractivity contribution is -0.194. The van der Waals surface area contributed by atoms with Gasteiger partial charge in [0.05, 0.1) is 17.6 Å². The minimum absolute atomic E-state index is 0.0244. The molecule has 0 radical (unpaired) electrons. The smallest absolute Gasteiger partial charge is 0.297 e. The Morgan fingerprint density at radius 3 is 2.56 bits per heavy atom. The average Bonchev–Trinajstić information content (AvgIpc) is 2.67. The summed E-state index contributed by atoms with van der Waals surface area (Å²) >= 11 is 0. The number of hydrogen-bond donors (Lipinski definition) is 0. The maximum absolute atomic E-state index is 12.5. The number of ether oxygens (including phenoxy) is 2. The van der Waals surface area contributed by atoms with Crippen LogP contribution < -0.4 is 0 Å². The van der Waals surface area contributed by atoms with Gasteiger partial charge in [-0.2, -0.15) is 8.42 Å². The van der Waals surface area contributed by atoms with Gasteiger partial charge < -0.3 is 9.47 Å². The molecule has 0 saturated carbocycles. The quantitative estimate of drug-likeness (QED) is 0.500. The third-order valence-corrected chi connectivity index (χ3v) is 6.42. The van der Waals surface area contributed by atoms with E-state index in [9.17, 15) is 8.42 Å². The molecule has 0 bridgehead atoms. The van der Waals surface area contributed by atoms with Crippen LogP contribution in [0.15, 0.2) is 29.2 Å². The molecule has 5 nitrogen and oxygen atoms in total. The van der Waals surface area contributed by atoms with Crippen LogP contribution in [0, 0.1) is 12.8 Å². The van der Waals surface area contributed by atoms with Gasteiger partial charge in [-0.25, -0.2) is 0 Å². The summed E-state index contributed by atoms with van der Waals surface area (Å²) in [6.45, 7) is 7.07. The highest BCUT2D eigenvalue weighted by Crippen LogP contribution is 2.21. The van der Waals surface area contributed by atoms with E-state index in [0.717, 1.165) is 50.5 Å². The van der Waals surface area contributed by atoms with E-state index in [2.05, 4.69) is 13.8 Å². The number of benzene rings is 1. The summed E-state index contributed by atoms with van der Waals surface area (Å²) in [7, 11) is -3.78. The van der Waals surface area contributed by atoms with Gasteiger partial charge in [-0.15, -0.1) is 0 Å². The molecule has 0 spiro atoms. The molecule has 0 aromatic heterocycles. The van der Waals surface area contributed by atoms with E-state index in [1.165, 1.54) is 0 Å². The first-order chi connectivity index (χ1) is 12.9. The molecule has 1 aromatic carbocycles. The van der Waals surface area contributed by atoms with Crippen LogP contribution in [0.2, 0.25) is 0 Å².